The average Bonchev–Trinajstić information content (AvgIpc) is 2.85. The molecule has 0 bridgehead atoms. The minimum atomic E-state index is -0.0826. The molecule has 0 aromatic heterocycles. The Morgan fingerprint density at radius 1 is 0.818 bits per heavy atom. The molecule has 0 aliphatic carbocycles. The molecule has 180 valence electrons. The summed E-state index contributed by atoms with van der Waals surface area (Å²) in [6.45, 7) is 4.18. The lowest BCUT2D eigenvalue weighted by Crippen LogP contribution is -2.41. The number of carbonyl (C=O) groups is 1. The van der Waals surface area contributed by atoms with Gasteiger partial charge in [0.15, 0.2) is 0 Å². The number of nitrogens with one attached hydrogen (secondary N) is 1. The molecule has 0 unspecified atom stereocenters. The Morgan fingerprint density at radius 2 is 1.39 bits per heavy atom. The summed E-state index contributed by atoms with van der Waals surface area (Å²) in [6.07, 6.45) is 19.6. The van der Waals surface area contributed by atoms with Crippen molar-refractivity contribution in [3.8, 4) is 23.7 Å². The van der Waals surface area contributed by atoms with Crippen molar-refractivity contribution in [1.29, 1.82) is 0 Å². The smallest absolute Gasteiger partial charge is 0.207 e. The Bertz CT molecular complexity index is 768. The first-order chi connectivity index (χ1) is 16.3. The van der Waals surface area contributed by atoms with Crippen LogP contribution in [-0.2, 0) is 10.2 Å². The number of hydrogen-bond acceptors (Lipinski definition) is 2. The summed E-state index contributed by atoms with van der Waals surface area (Å²) >= 11 is 0. The number of unbranched alkanes of at least 4 members (excludes halogenated alkanes) is 12. The van der Waals surface area contributed by atoms with Gasteiger partial charge in [0.2, 0.25) is 5.78 Å². The average molecular weight is 448 g/mol. The first kappa shape index (κ1) is 27.2. The van der Waals surface area contributed by atoms with Gasteiger partial charge in [0, 0.05) is 18.3 Å². The van der Waals surface area contributed by atoms with Gasteiger partial charge in [-0.3, -0.25) is 4.79 Å². The zero-order chi connectivity index (χ0) is 23.5. The number of rotatable bonds is 15. The number of hydrogen-bond donors (Lipinski definition) is 1. The summed E-state index contributed by atoms with van der Waals surface area (Å²) in [5.41, 5.74) is 1.18. The predicted octanol–water partition coefficient (Wildman–Crippen LogP) is 7.37. The quantitative estimate of drug-likeness (QED) is 0.173. The van der Waals surface area contributed by atoms with Crippen LogP contribution in [0.3, 0.4) is 0 Å². The molecular weight excluding hydrogens is 402 g/mol. The van der Waals surface area contributed by atoms with E-state index in [-0.39, 0.29) is 11.2 Å². The van der Waals surface area contributed by atoms with E-state index in [0.717, 1.165) is 38.8 Å². The molecule has 1 aromatic carbocycles. The fraction of sp³-hybridized carbons (Fsp3) is 0.645. The normalized spacial score (nSPS) is 14.6. The van der Waals surface area contributed by atoms with Crippen LogP contribution in [0.2, 0.25) is 0 Å². The van der Waals surface area contributed by atoms with Crippen molar-refractivity contribution in [2.24, 2.45) is 0 Å². The first-order valence-corrected chi connectivity index (χ1v) is 13.5. The highest BCUT2D eigenvalue weighted by atomic mass is 16.1. The number of carbonyl (C=O) groups excluding carboxylic acids is 1. The van der Waals surface area contributed by atoms with E-state index in [1.165, 1.54) is 76.2 Å². The van der Waals surface area contributed by atoms with E-state index in [0.29, 0.717) is 6.42 Å². The third-order valence-corrected chi connectivity index (χ3v) is 6.95. The van der Waals surface area contributed by atoms with Crippen LogP contribution >= 0.6 is 0 Å². The Balaban J connectivity index is 1.57. The van der Waals surface area contributed by atoms with Crippen LogP contribution in [-0.4, -0.2) is 18.9 Å². The van der Waals surface area contributed by atoms with Gasteiger partial charge < -0.3 is 5.32 Å². The van der Waals surface area contributed by atoms with Crippen molar-refractivity contribution >= 4 is 5.78 Å². The molecule has 2 heteroatoms. The monoisotopic (exact) mass is 447 g/mol. The topological polar surface area (TPSA) is 29.1 Å². The molecule has 1 aliphatic heterocycles. The summed E-state index contributed by atoms with van der Waals surface area (Å²) in [6, 6.07) is 10.5. The third-order valence-electron chi connectivity index (χ3n) is 6.95. The van der Waals surface area contributed by atoms with E-state index in [9.17, 15) is 4.79 Å². The predicted molar refractivity (Wildman–Crippen MR) is 141 cm³/mol. The van der Waals surface area contributed by atoms with Crippen molar-refractivity contribution < 1.29 is 4.79 Å². The summed E-state index contributed by atoms with van der Waals surface area (Å²) in [5.74, 6) is 11.6. The van der Waals surface area contributed by atoms with E-state index < -0.39 is 0 Å². The van der Waals surface area contributed by atoms with Crippen molar-refractivity contribution in [1.82, 2.24) is 5.32 Å². The van der Waals surface area contributed by atoms with Crippen LogP contribution in [0, 0.1) is 23.7 Å². The van der Waals surface area contributed by atoms with E-state index in [1.54, 1.807) is 0 Å². The Morgan fingerprint density at radius 3 is 2.00 bits per heavy atom. The van der Waals surface area contributed by atoms with Crippen LogP contribution < -0.4 is 5.32 Å². The standard InChI is InChI=1S/C31H45NO/c1-2-3-4-5-6-7-8-9-10-11-12-13-14-15-16-20-23-30(33)28-31(24-26-32-27-25-31)29-21-18-17-19-22-29/h17-19,21-22,32H,2-14,24-28H2,1H3. The van der Waals surface area contributed by atoms with Crippen molar-refractivity contribution in [3.63, 3.8) is 0 Å². The Hall–Kier alpha value is -2.03. The summed E-state index contributed by atoms with van der Waals surface area (Å²) in [7, 11) is 0. The molecule has 1 aromatic rings. The highest BCUT2D eigenvalue weighted by Gasteiger charge is 2.35. The first-order valence-electron chi connectivity index (χ1n) is 13.5. The highest BCUT2D eigenvalue weighted by Crippen LogP contribution is 2.36. The number of benzene rings is 1. The summed E-state index contributed by atoms with van der Waals surface area (Å²) in [4.78, 5) is 12.6. The number of Topliss-reactive ketones (excluding diaryl/α,β-unsaturated/α-hetero) is 1. The second-order valence-corrected chi connectivity index (χ2v) is 9.69. The molecule has 1 heterocycles. The Kier molecular flexibility index (Phi) is 14.4. The second-order valence-electron chi connectivity index (χ2n) is 9.69. The fourth-order valence-corrected chi connectivity index (χ4v) is 4.88. The highest BCUT2D eigenvalue weighted by molar-refractivity contribution is 5.96. The van der Waals surface area contributed by atoms with Gasteiger partial charge in [0.1, 0.15) is 0 Å². The van der Waals surface area contributed by atoms with Gasteiger partial charge in [0.05, 0.1) is 0 Å². The molecule has 0 amide bonds. The van der Waals surface area contributed by atoms with Crippen LogP contribution in [0.25, 0.3) is 0 Å². The van der Waals surface area contributed by atoms with Crippen molar-refractivity contribution in [2.45, 2.75) is 115 Å². The van der Waals surface area contributed by atoms with Gasteiger partial charge in [-0.15, -0.1) is 0 Å². The molecule has 33 heavy (non-hydrogen) atoms. The third kappa shape index (κ3) is 11.6. The minimum absolute atomic E-state index is 0.0143. The lowest BCUT2D eigenvalue weighted by molar-refractivity contribution is -0.115. The van der Waals surface area contributed by atoms with Crippen LogP contribution in [0.15, 0.2) is 30.3 Å². The maximum Gasteiger partial charge on any atom is 0.207 e. The van der Waals surface area contributed by atoms with Gasteiger partial charge in [-0.25, -0.2) is 0 Å². The molecule has 0 saturated carbocycles. The molecule has 1 saturated heterocycles. The van der Waals surface area contributed by atoms with E-state index >= 15 is 0 Å². The largest absolute Gasteiger partial charge is 0.317 e. The molecule has 2 rings (SSSR count). The van der Waals surface area contributed by atoms with Gasteiger partial charge in [-0.05, 0) is 55.7 Å². The lowest BCUT2D eigenvalue weighted by atomic mass is 9.70. The molecule has 0 radical (unpaired) electrons. The molecule has 1 N–H and O–H groups in total. The lowest BCUT2D eigenvalue weighted by Gasteiger charge is -2.37. The van der Waals surface area contributed by atoms with E-state index in [1.807, 2.05) is 6.07 Å². The molecule has 1 fully saturated rings. The van der Waals surface area contributed by atoms with E-state index in [2.05, 4.69) is 60.2 Å². The number of piperidine rings is 1. The van der Waals surface area contributed by atoms with Crippen LogP contribution in [0.1, 0.15) is 115 Å². The van der Waals surface area contributed by atoms with Gasteiger partial charge >= 0.3 is 0 Å². The van der Waals surface area contributed by atoms with Gasteiger partial charge in [0.25, 0.3) is 0 Å². The zero-order valence-corrected chi connectivity index (χ0v) is 21.0. The molecule has 1 aliphatic rings. The SMILES string of the molecule is CCCCCCCCCCCCCCC#CC#CC(=O)CC1(c2ccccc2)CCNCC1. The molecule has 2 nitrogen and oxygen atoms in total. The van der Waals surface area contributed by atoms with Gasteiger partial charge in [-0.2, -0.15) is 0 Å². The summed E-state index contributed by atoms with van der Waals surface area (Å²) in [5, 5.41) is 3.41. The second kappa shape index (κ2) is 17.4. The van der Waals surface area contributed by atoms with Gasteiger partial charge in [-0.1, -0.05) is 114 Å². The van der Waals surface area contributed by atoms with Crippen LogP contribution in [0.4, 0.5) is 0 Å². The maximum atomic E-state index is 12.6. The van der Waals surface area contributed by atoms with Crippen LogP contribution in [0.5, 0.6) is 0 Å². The maximum absolute atomic E-state index is 12.6. The number of ketones is 1. The van der Waals surface area contributed by atoms with E-state index in [4.69, 9.17) is 0 Å². The molecular formula is C31H45NO. The fourth-order valence-electron chi connectivity index (χ4n) is 4.88. The minimum Gasteiger partial charge on any atom is -0.317 e. The summed E-state index contributed by atoms with van der Waals surface area (Å²) < 4.78 is 0. The van der Waals surface area contributed by atoms with Crippen molar-refractivity contribution in [2.75, 3.05) is 13.1 Å². The molecule has 0 atom stereocenters. The molecule has 0 spiro atoms. The van der Waals surface area contributed by atoms with Crippen molar-refractivity contribution in [3.05, 3.63) is 35.9 Å². The Labute approximate surface area is 203 Å². The zero-order valence-electron chi connectivity index (χ0n) is 21.0.